The summed E-state index contributed by atoms with van der Waals surface area (Å²) in [5.41, 5.74) is -0.259. The van der Waals surface area contributed by atoms with Crippen LogP contribution in [0.2, 0.25) is 0 Å². The first-order valence-electron chi connectivity index (χ1n) is 7.41. The molecule has 0 fully saturated rings. The van der Waals surface area contributed by atoms with Crippen molar-refractivity contribution in [3.8, 4) is 5.69 Å². The number of nitrogens with zero attached hydrogens (tertiary/aromatic N) is 2. The van der Waals surface area contributed by atoms with Crippen molar-refractivity contribution in [2.24, 2.45) is 0 Å². The van der Waals surface area contributed by atoms with E-state index in [1.807, 2.05) is 0 Å². The fraction of sp³-hybridized carbons (Fsp3) is 0.312. The predicted octanol–water partition coefficient (Wildman–Crippen LogP) is 2.03. The summed E-state index contributed by atoms with van der Waals surface area (Å²) in [5.74, 6) is -1.84. The van der Waals surface area contributed by atoms with Gasteiger partial charge < -0.3 is 15.2 Å². The third-order valence-corrected chi connectivity index (χ3v) is 3.68. The molecule has 2 aromatic rings. The van der Waals surface area contributed by atoms with Gasteiger partial charge >= 0.3 is 12.1 Å². The van der Waals surface area contributed by atoms with E-state index in [1.54, 1.807) is 0 Å². The number of hydrogen-bond acceptors (Lipinski definition) is 4. The van der Waals surface area contributed by atoms with Crippen molar-refractivity contribution < 1.29 is 32.6 Å². The van der Waals surface area contributed by atoms with E-state index in [9.17, 15) is 22.8 Å². The van der Waals surface area contributed by atoms with Crippen LogP contribution in [0.25, 0.3) is 5.69 Å². The number of aliphatic carboxylic acids is 1. The van der Waals surface area contributed by atoms with Crippen molar-refractivity contribution in [3.05, 3.63) is 47.3 Å². The second kappa shape index (κ2) is 7.56. The van der Waals surface area contributed by atoms with Gasteiger partial charge in [0.25, 0.3) is 5.91 Å². The Labute approximate surface area is 146 Å². The molecular formula is C16H16F3N3O4. The molecule has 0 bridgehead atoms. The summed E-state index contributed by atoms with van der Waals surface area (Å²) in [6, 6.07) is 4.54. The average molecular weight is 371 g/mol. The minimum atomic E-state index is -4.50. The number of rotatable bonds is 6. The zero-order chi connectivity index (χ0) is 19.5. The minimum Gasteiger partial charge on any atom is -0.479 e. The Kier molecular flexibility index (Phi) is 5.66. The molecule has 140 valence electrons. The van der Waals surface area contributed by atoms with Crippen LogP contribution in [0.15, 0.2) is 30.5 Å². The van der Waals surface area contributed by atoms with Crippen LogP contribution in [0.3, 0.4) is 0 Å². The Bertz CT molecular complexity index is 817. The van der Waals surface area contributed by atoms with Crippen molar-refractivity contribution in [2.45, 2.75) is 19.2 Å². The highest BCUT2D eigenvalue weighted by atomic mass is 19.4. The molecule has 0 aliphatic carbocycles. The van der Waals surface area contributed by atoms with Gasteiger partial charge in [0.05, 0.1) is 35.2 Å². The number of amides is 1. The fourth-order valence-electron chi connectivity index (χ4n) is 2.26. The smallest absolute Gasteiger partial charge is 0.416 e. The lowest BCUT2D eigenvalue weighted by atomic mass is 10.2. The standard InChI is InChI=1S/C16H16F3N3O4/c1-9-12(14(23)20-8-13(26-2)15(24)25)7-21-22(9)11-5-3-4-10(6-11)16(17,18)19/h3-7,13H,8H2,1-2H3,(H,20,23)(H,24,25). The average Bonchev–Trinajstić information content (AvgIpc) is 2.96. The molecule has 0 aliphatic rings. The zero-order valence-electron chi connectivity index (χ0n) is 13.9. The van der Waals surface area contributed by atoms with Crippen LogP contribution in [0.1, 0.15) is 21.6 Å². The lowest BCUT2D eigenvalue weighted by Gasteiger charge is -2.12. The van der Waals surface area contributed by atoms with Crippen LogP contribution >= 0.6 is 0 Å². The van der Waals surface area contributed by atoms with E-state index in [2.05, 4.69) is 10.4 Å². The van der Waals surface area contributed by atoms with Crippen LogP contribution in [0.5, 0.6) is 0 Å². The molecule has 7 nitrogen and oxygen atoms in total. The van der Waals surface area contributed by atoms with Crippen molar-refractivity contribution in [1.82, 2.24) is 15.1 Å². The first kappa shape index (κ1) is 19.4. The minimum absolute atomic E-state index is 0.114. The van der Waals surface area contributed by atoms with Gasteiger partial charge in [0.1, 0.15) is 0 Å². The van der Waals surface area contributed by atoms with Gasteiger partial charge in [-0.1, -0.05) is 6.07 Å². The number of methoxy groups -OCH3 is 1. The highest BCUT2D eigenvalue weighted by Gasteiger charge is 2.30. The first-order chi connectivity index (χ1) is 12.1. The Morgan fingerprint density at radius 1 is 1.38 bits per heavy atom. The van der Waals surface area contributed by atoms with Gasteiger partial charge in [-0.2, -0.15) is 18.3 Å². The molecule has 26 heavy (non-hydrogen) atoms. The molecular weight excluding hydrogens is 355 g/mol. The number of carboxylic acid groups (broad SMARTS) is 1. The number of carboxylic acids is 1. The van der Waals surface area contributed by atoms with Gasteiger partial charge in [0, 0.05) is 7.11 Å². The second-order valence-electron chi connectivity index (χ2n) is 5.38. The molecule has 1 unspecified atom stereocenters. The third-order valence-electron chi connectivity index (χ3n) is 3.68. The normalized spacial score (nSPS) is 12.7. The monoisotopic (exact) mass is 371 g/mol. The first-order valence-corrected chi connectivity index (χ1v) is 7.41. The lowest BCUT2D eigenvalue weighted by molar-refractivity contribution is -0.148. The maximum absolute atomic E-state index is 12.8. The molecule has 1 aromatic carbocycles. The molecule has 1 amide bonds. The molecule has 0 spiro atoms. The molecule has 0 saturated heterocycles. The van der Waals surface area contributed by atoms with Crippen LogP contribution in [0.4, 0.5) is 13.2 Å². The Hall–Kier alpha value is -2.88. The van der Waals surface area contributed by atoms with E-state index in [-0.39, 0.29) is 17.8 Å². The highest BCUT2D eigenvalue weighted by molar-refractivity contribution is 5.95. The fourth-order valence-corrected chi connectivity index (χ4v) is 2.26. The SMILES string of the molecule is COC(CNC(=O)c1cnn(-c2cccc(C(F)(F)F)c2)c1C)C(=O)O. The van der Waals surface area contributed by atoms with Crippen LogP contribution in [-0.4, -0.2) is 46.5 Å². The topological polar surface area (TPSA) is 93.5 Å². The van der Waals surface area contributed by atoms with E-state index in [1.165, 1.54) is 37.0 Å². The maximum atomic E-state index is 12.8. The van der Waals surface area contributed by atoms with Crippen LogP contribution < -0.4 is 5.32 Å². The summed E-state index contributed by atoms with van der Waals surface area (Å²) in [4.78, 5) is 23.1. The summed E-state index contributed by atoms with van der Waals surface area (Å²) in [7, 11) is 1.20. The molecule has 1 heterocycles. The Morgan fingerprint density at radius 3 is 2.65 bits per heavy atom. The van der Waals surface area contributed by atoms with E-state index in [0.717, 1.165) is 12.1 Å². The quantitative estimate of drug-likeness (QED) is 0.811. The summed E-state index contributed by atoms with van der Waals surface area (Å²) < 4.78 is 44.4. The van der Waals surface area contributed by atoms with Crippen molar-refractivity contribution in [1.29, 1.82) is 0 Å². The maximum Gasteiger partial charge on any atom is 0.416 e. The van der Waals surface area contributed by atoms with Crippen molar-refractivity contribution in [3.63, 3.8) is 0 Å². The van der Waals surface area contributed by atoms with E-state index < -0.39 is 29.7 Å². The van der Waals surface area contributed by atoms with Crippen LogP contribution in [-0.2, 0) is 15.7 Å². The largest absolute Gasteiger partial charge is 0.479 e. The Morgan fingerprint density at radius 2 is 2.08 bits per heavy atom. The number of ether oxygens (including phenoxy) is 1. The number of aromatic nitrogens is 2. The molecule has 0 saturated carbocycles. The highest BCUT2D eigenvalue weighted by Crippen LogP contribution is 2.30. The number of carbonyl (C=O) groups excluding carboxylic acids is 1. The van der Waals surface area contributed by atoms with E-state index >= 15 is 0 Å². The summed E-state index contributed by atoms with van der Waals surface area (Å²) in [5, 5.41) is 15.2. The lowest BCUT2D eigenvalue weighted by Crippen LogP contribution is -2.37. The van der Waals surface area contributed by atoms with Crippen LogP contribution in [0, 0.1) is 6.92 Å². The van der Waals surface area contributed by atoms with Gasteiger partial charge in [-0.25, -0.2) is 9.48 Å². The number of nitrogens with one attached hydrogen (secondary N) is 1. The van der Waals surface area contributed by atoms with E-state index in [0.29, 0.717) is 5.69 Å². The second-order valence-corrected chi connectivity index (χ2v) is 5.38. The predicted molar refractivity (Wildman–Crippen MR) is 84.1 cm³/mol. The zero-order valence-corrected chi connectivity index (χ0v) is 13.9. The number of carbonyl (C=O) groups is 2. The molecule has 2 rings (SSSR count). The number of benzene rings is 1. The van der Waals surface area contributed by atoms with Gasteiger partial charge in [0.15, 0.2) is 6.10 Å². The molecule has 10 heteroatoms. The van der Waals surface area contributed by atoms with Gasteiger partial charge in [0.2, 0.25) is 0 Å². The molecule has 0 aliphatic heterocycles. The summed E-state index contributed by atoms with van der Waals surface area (Å²) in [6.45, 7) is 1.26. The van der Waals surface area contributed by atoms with Gasteiger partial charge in [-0.15, -0.1) is 0 Å². The number of halogens is 3. The molecule has 1 atom stereocenters. The van der Waals surface area contributed by atoms with E-state index in [4.69, 9.17) is 9.84 Å². The van der Waals surface area contributed by atoms with Gasteiger partial charge in [-0.3, -0.25) is 4.79 Å². The van der Waals surface area contributed by atoms with Gasteiger partial charge in [-0.05, 0) is 25.1 Å². The van der Waals surface area contributed by atoms with Crippen molar-refractivity contribution in [2.75, 3.05) is 13.7 Å². The summed E-state index contributed by atoms with van der Waals surface area (Å²) in [6.07, 6.45) is -4.51. The third kappa shape index (κ3) is 4.20. The molecule has 1 aromatic heterocycles. The molecule has 2 N–H and O–H groups in total. The summed E-state index contributed by atoms with van der Waals surface area (Å²) >= 11 is 0. The van der Waals surface area contributed by atoms with Crippen molar-refractivity contribution >= 4 is 11.9 Å². The molecule has 0 radical (unpaired) electrons. The number of hydrogen-bond donors (Lipinski definition) is 2. The number of alkyl halides is 3. The Balaban J connectivity index is 2.22.